The summed E-state index contributed by atoms with van der Waals surface area (Å²) in [4.78, 5) is 14.6. The molecule has 5 nitrogen and oxygen atoms in total. The highest BCUT2D eigenvalue weighted by Gasteiger charge is 2.61. The lowest BCUT2D eigenvalue weighted by Gasteiger charge is -2.50. The summed E-state index contributed by atoms with van der Waals surface area (Å²) in [6.07, 6.45) is 6.19. The van der Waals surface area contributed by atoms with E-state index in [1.807, 2.05) is 0 Å². The molecule has 0 spiro atoms. The summed E-state index contributed by atoms with van der Waals surface area (Å²) >= 11 is 0. The van der Waals surface area contributed by atoms with Gasteiger partial charge >= 0.3 is 0 Å². The number of rotatable bonds is 1. The predicted molar refractivity (Wildman–Crippen MR) is 72.9 cm³/mol. The van der Waals surface area contributed by atoms with Gasteiger partial charge < -0.3 is 19.9 Å². The minimum absolute atomic E-state index is 0.0326. The van der Waals surface area contributed by atoms with Crippen LogP contribution in [0.25, 0.3) is 0 Å². The Morgan fingerprint density at radius 3 is 2.90 bits per heavy atom. The Balaban J connectivity index is 1.75. The van der Waals surface area contributed by atoms with Crippen LogP contribution >= 0.6 is 0 Å². The van der Waals surface area contributed by atoms with Crippen molar-refractivity contribution >= 4 is 5.91 Å². The number of hydrogen-bond acceptors (Lipinski definition) is 3. The highest BCUT2D eigenvalue weighted by Crippen LogP contribution is 2.49. The molecular weight excluding hydrogens is 256 g/mol. The average Bonchev–Trinajstić information content (AvgIpc) is 2.81. The molecule has 112 valence electrons. The van der Waals surface area contributed by atoms with Gasteiger partial charge in [0, 0.05) is 31.9 Å². The highest BCUT2D eigenvalue weighted by atomic mass is 16.5. The first-order valence-corrected chi connectivity index (χ1v) is 8.09. The largest absolute Gasteiger partial charge is 0.634 e. The lowest BCUT2D eigenvalue weighted by molar-refractivity contribution is -0.890. The zero-order valence-electron chi connectivity index (χ0n) is 12.1. The Hall–Kier alpha value is -0.650. The fourth-order valence-corrected chi connectivity index (χ4v) is 5.56. The maximum Gasteiger partial charge on any atom is 0.223 e. The molecule has 20 heavy (non-hydrogen) atoms. The molecule has 0 aromatic heterocycles. The zero-order valence-corrected chi connectivity index (χ0v) is 12.1. The van der Waals surface area contributed by atoms with E-state index in [0.29, 0.717) is 35.9 Å². The van der Waals surface area contributed by atoms with Crippen molar-refractivity contribution in [1.29, 1.82) is 0 Å². The number of piperidine rings is 2. The van der Waals surface area contributed by atoms with Crippen LogP contribution in [0.3, 0.4) is 0 Å². The molecule has 3 aliphatic heterocycles. The Morgan fingerprint density at radius 2 is 2.10 bits per heavy atom. The van der Waals surface area contributed by atoms with E-state index < -0.39 is 0 Å². The third-order valence-electron chi connectivity index (χ3n) is 6.27. The molecule has 1 N–H and O–H groups in total. The van der Waals surface area contributed by atoms with Gasteiger partial charge in [-0.2, -0.15) is 0 Å². The Labute approximate surface area is 119 Å². The van der Waals surface area contributed by atoms with Crippen molar-refractivity contribution in [2.45, 2.75) is 62.8 Å². The fourth-order valence-electron chi connectivity index (χ4n) is 5.56. The minimum Gasteiger partial charge on any atom is -0.634 e. The molecule has 0 aromatic rings. The molecular formula is C15H24N2O3. The molecule has 0 bridgehead atoms. The smallest absolute Gasteiger partial charge is 0.223 e. The summed E-state index contributed by atoms with van der Waals surface area (Å²) in [6, 6.07) is 0.628. The molecule has 7 unspecified atom stereocenters. The second-order valence-electron chi connectivity index (χ2n) is 6.97. The van der Waals surface area contributed by atoms with Gasteiger partial charge in [-0.15, -0.1) is 0 Å². The molecule has 7 atom stereocenters. The van der Waals surface area contributed by atoms with Crippen LogP contribution in [0, 0.1) is 17.0 Å². The summed E-state index contributed by atoms with van der Waals surface area (Å²) in [7, 11) is 1.73. The quantitative estimate of drug-likeness (QED) is 0.685. The average molecular weight is 280 g/mol. The van der Waals surface area contributed by atoms with E-state index in [4.69, 9.17) is 4.74 Å². The Bertz CT molecular complexity index is 416. The molecule has 1 saturated carbocycles. The third kappa shape index (κ3) is 1.63. The number of nitrogens with zero attached hydrogens (tertiary/aromatic N) is 1. The summed E-state index contributed by atoms with van der Waals surface area (Å²) in [5, 5.41) is 12.7. The van der Waals surface area contributed by atoms with E-state index in [-0.39, 0.29) is 24.1 Å². The molecule has 1 aliphatic carbocycles. The van der Waals surface area contributed by atoms with E-state index in [2.05, 4.69) is 4.90 Å². The van der Waals surface area contributed by atoms with Crippen LogP contribution in [0.1, 0.15) is 38.5 Å². The summed E-state index contributed by atoms with van der Waals surface area (Å²) in [5.74, 6) is 1.25. The molecule has 3 heterocycles. The van der Waals surface area contributed by atoms with Crippen molar-refractivity contribution in [3.8, 4) is 0 Å². The standard InChI is InChI=1S/C15H24N2O3/c1-20-12-8-16(19)11-6-7-13(18)17-10-5-3-2-4-9(10)14(12)15(11)17/h9-12,14-16H,2-8H2,1H3. The lowest BCUT2D eigenvalue weighted by Crippen LogP contribution is -3.16. The molecule has 4 rings (SSSR count). The highest BCUT2D eigenvalue weighted by molar-refractivity contribution is 5.78. The maximum absolute atomic E-state index is 12.4. The van der Waals surface area contributed by atoms with Gasteiger partial charge in [-0.1, -0.05) is 12.8 Å². The second kappa shape index (κ2) is 4.68. The van der Waals surface area contributed by atoms with Gasteiger partial charge in [-0.05, 0) is 18.8 Å². The Morgan fingerprint density at radius 1 is 1.30 bits per heavy atom. The Kier molecular flexibility index (Phi) is 3.05. The van der Waals surface area contributed by atoms with Crippen LogP contribution in [-0.2, 0) is 9.53 Å². The summed E-state index contributed by atoms with van der Waals surface area (Å²) in [5.41, 5.74) is 0. The maximum atomic E-state index is 12.4. The minimum atomic E-state index is 0.0326. The number of ether oxygens (including phenoxy) is 1. The van der Waals surface area contributed by atoms with Crippen LogP contribution in [0.4, 0.5) is 0 Å². The van der Waals surface area contributed by atoms with E-state index in [1.54, 1.807) is 7.11 Å². The topological polar surface area (TPSA) is 57.0 Å². The van der Waals surface area contributed by atoms with E-state index in [0.717, 1.165) is 12.8 Å². The van der Waals surface area contributed by atoms with E-state index in [9.17, 15) is 10.0 Å². The summed E-state index contributed by atoms with van der Waals surface area (Å²) < 4.78 is 5.67. The van der Waals surface area contributed by atoms with Crippen molar-refractivity contribution in [2.24, 2.45) is 11.8 Å². The monoisotopic (exact) mass is 280 g/mol. The van der Waals surface area contributed by atoms with Gasteiger partial charge in [0.05, 0.1) is 6.04 Å². The van der Waals surface area contributed by atoms with Crippen LogP contribution < -0.4 is 5.06 Å². The van der Waals surface area contributed by atoms with E-state index in [1.165, 1.54) is 19.3 Å². The van der Waals surface area contributed by atoms with Crippen LogP contribution in [0.5, 0.6) is 0 Å². The van der Waals surface area contributed by atoms with Gasteiger partial charge in [0.2, 0.25) is 5.91 Å². The van der Waals surface area contributed by atoms with Crippen LogP contribution in [-0.4, -0.2) is 48.7 Å². The second-order valence-corrected chi connectivity index (χ2v) is 6.97. The number of quaternary nitrogens is 1. The number of fused-ring (bicyclic) bond motifs is 3. The van der Waals surface area contributed by atoms with Gasteiger partial charge in [0.1, 0.15) is 18.7 Å². The van der Waals surface area contributed by atoms with Crippen molar-refractivity contribution < 1.29 is 14.6 Å². The van der Waals surface area contributed by atoms with Crippen molar-refractivity contribution in [2.75, 3.05) is 13.7 Å². The molecule has 0 radical (unpaired) electrons. The van der Waals surface area contributed by atoms with Crippen LogP contribution in [0.2, 0.25) is 0 Å². The molecule has 4 aliphatic rings. The molecule has 3 saturated heterocycles. The van der Waals surface area contributed by atoms with Crippen molar-refractivity contribution in [3.05, 3.63) is 5.21 Å². The number of hydrogen-bond donors (Lipinski definition) is 1. The van der Waals surface area contributed by atoms with Gasteiger partial charge in [-0.3, -0.25) is 4.79 Å². The van der Waals surface area contributed by atoms with Gasteiger partial charge in [0.15, 0.2) is 0 Å². The first kappa shape index (κ1) is 13.0. The molecule has 4 fully saturated rings. The number of nitrogens with one attached hydrogen (secondary N) is 1. The number of methoxy groups -OCH3 is 1. The number of hydroxylamine groups is 2. The zero-order chi connectivity index (χ0) is 13.9. The van der Waals surface area contributed by atoms with Gasteiger partial charge in [-0.25, -0.2) is 0 Å². The number of carbonyl (C=O) groups is 1. The third-order valence-corrected chi connectivity index (χ3v) is 6.27. The van der Waals surface area contributed by atoms with Crippen molar-refractivity contribution in [3.63, 3.8) is 0 Å². The number of amides is 1. The predicted octanol–water partition coefficient (Wildman–Crippen LogP) is -0.0541. The summed E-state index contributed by atoms with van der Waals surface area (Å²) in [6.45, 7) is 0.563. The van der Waals surface area contributed by atoms with E-state index >= 15 is 0 Å². The SMILES string of the molecule is COC1C[NH+]([O-])C2CCC(=O)N3C4CCCCC4C1C23. The first-order chi connectivity index (χ1) is 9.72. The van der Waals surface area contributed by atoms with Gasteiger partial charge in [0.25, 0.3) is 0 Å². The lowest BCUT2D eigenvalue weighted by atomic mass is 9.72. The number of carbonyl (C=O) groups excluding carboxylic acids is 1. The molecule has 0 aromatic carbocycles. The normalized spacial score (nSPS) is 50.8. The first-order valence-electron chi connectivity index (χ1n) is 8.09. The van der Waals surface area contributed by atoms with Crippen molar-refractivity contribution in [1.82, 2.24) is 4.90 Å². The fraction of sp³-hybridized carbons (Fsp3) is 0.933. The molecule has 1 amide bonds. The molecule has 5 heteroatoms. The van der Waals surface area contributed by atoms with Crippen LogP contribution in [0.15, 0.2) is 0 Å².